The van der Waals surface area contributed by atoms with E-state index in [2.05, 4.69) is 0 Å². The molecule has 33 heavy (non-hydrogen) atoms. The quantitative estimate of drug-likeness (QED) is 0.185. The minimum atomic E-state index is -1.52. The highest BCUT2D eigenvalue weighted by atomic mass is 16.7. The van der Waals surface area contributed by atoms with Gasteiger partial charge in [0.2, 0.25) is 12.0 Å². The fraction of sp³-hybridized carbons (Fsp3) is 0.273. The molecule has 1 aliphatic heterocycles. The van der Waals surface area contributed by atoms with Crippen LogP contribution >= 0.6 is 0 Å². The highest BCUT2D eigenvalue weighted by Crippen LogP contribution is 2.42. The van der Waals surface area contributed by atoms with E-state index in [0.29, 0.717) is 0 Å². The molecule has 0 unspecified atom stereocenters. The lowest BCUT2D eigenvalue weighted by atomic mass is 10.1. The largest absolute Gasteiger partial charge is 0.507 e. The van der Waals surface area contributed by atoms with Gasteiger partial charge in [-0.25, -0.2) is 4.42 Å². The van der Waals surface area contributed by atoms with E-state index in [1.165, 1.54) is 37.3 Å². The molecule has 4 rings (SSSR count). The minimum absolute atomic E-state index is 0.00322. The Morgan fingerprint density at radius 3 is 2.45 bits per heavy atom. The number of hydrogen-bond donors (Lipinski definition) is 6. The average molecular weight is 461 g/mol. The summed E-state index contributed by atoms with van der Waals surface area (Å²) in [6.07, 6.45) is -5.40. The van der Waals surface area contributed by atoms with Crippen LogP contribution in [0.15, 0.2) is 40.8 Å². The SMILES string of the molecule is CC(=O)OC[C@H]1O[C@H](Oc2cc3c(O)cc(O)cc3[o+]c2-c2ccc(O)c(O)c2)[C@@H](O)[C@@H]1O. The molecular weight excluding hydrogens is 440 g/mol. The predicted molar refractivity (Wildman–Crippen MR) is 111 cm³/mol. The van der Waals surface area contributed by atoms with Gasteiger partial charge in [-0.1, -0.05) is 0 Å². The van der Waals surface area contributed by atoms with Crippen LogP contribution in [0.1, 0.15) is 6.92 Å². The predicted octanol–water partition coefficient (Wildman–Crippen LogP) is 1.59. The number of hydrogen-bond acceptors (Lipinski definition) is 10. The van der Waals surface area contributed by atoms with E-state index in [9.17, 15) is 35.4 Å². The van der Waals surface area contributed by atoms with Crippen molar-refractivity contribution < 1.29 is 54.1 Å². The number of aliphatic hydroxyl groups is 2. The van der Waals surface area contributed by atoms with E-state index in [0.717, 1.165) is 6.07 Å². The Bertz CT molecular complexity index is 1210. The molecule has 11 nitrogen and oxygen atoms in total. The van der Waals surface area contributed by atoms with E-state index in [1.54, 1.807) is 0 Å². The first-order valence-corrected chi connectivity index (χ1v) is 9.81. The highest BCUT2D eigenvalue weighted by molar-refractivity contribution is 5.88. The Morgan fingerprint density at radius 1 is 1.00 bits per heavy atom. The van der Waals surface area contributed by atoms with Gasteiger partial charge in [-0.2, -0.15) is 0 Å². The fourth-order valence-corrected chi connectivity index (χ4v) is 3.41. The zero-order valence-electron chi connectivity index (χ0n) is 17.2. The zero-order chi connectivity index (χ0) is 23.9. The van der Waals surface area contributed by atoms with Gasteiger partial charge >= 0.3 is 17.3 Å². The number of phenolic OH excluding ortho intramolecular Hbond substituents is 4. The van der Waals surface area contributed by atoms with Gasteiger partial charge < -0.3 is 44.8 Å². The van der Waals surface area contributed by atoms with Gasteiger partial charge in [-0.3, -0.25) is 4.79 Å². The van der Waals surface area contributed by atoms with Crippen molar-refractivity contribution in [2.75, 3.05) is 6.61 Å². The summed E-state index contributed by atoms with van der Waals surface area (Å²) in [6, 6.07) is 7.53. The van der Waals surface area contributed by atoms with Crippen LogP contribution in [-0.4, -0.2) is 67.8 Å². The second kappa shape index (κ2) is 8.62. The number of rotatable bonds is 5. The molecule has 2 aromatic carbocycles. The van der Waals surface area contributed by atoms with Crippen molar-refractivity contribution in [1.29, 1.82) is 0 Å². The van der Waals surface area contributed by atoms with Gasteiger partial charge in [0.25, 0.3) is 0 Å². The van der Waals surface area contributed by atoms with Gasteiger partial charge in [0.1, 0.15) is 41.8 Å². The summed E-state index contributed by atoms with van der Waals surface area (Å²) in [5.41, 5.74) is 0.317. The summed E-state index contributed by atoms with van der Waals surface area (Å²) in [6.45, 7) is 0.875. The van der Waals surface area contributed by atoms with Gasteiger partial charge in [-0.05, 0) is 12.1 Å². The summed E-state index contributed by atoms with van der Waals surface area (Å²) in [4.78, 5) is 11.0. The van der Waals surface area contributed by atoms with Crippen LogP contribution in [0.25, 0.3) is 22.3 Å². The van der Waals surface area contributed by atoms with E-state index < -0.39 is 36.3 Å². The molecule has 1 aromatic heterocycles. The van der Waals surface area contributed by atoms with Crippen molar-refractivity contribution in [1.82, 2.24) is 0 Å². The fourth-order valence-electron chi connectivity index (χ4n) is 3.41. The van der Waals surface area contributed by atoms with Crippen molar-refractivity contribution in [3.63, 3.8) is 0 Å². The first-order valence-electron chi connectivity index (χ1n) is 9.81. The van der Waals surface area contributed by atoms with E-state index in [4.69, 9.17) is 18.6 Å². The molecule has 1 fully saturated rings. The first kappa shape index (κ1) is 22.4. The molecule has 0 spiro atoms. The van der Waals surface area contributed by atoms with Crippen LogP contribution in [0.4, 0.5) is 0 Å². The maximum atomic E-state index is 11.0. The number of fused-ring (bicyclic) bond motifs is 1. The zero-order valence-corrected chi connectivity index (χ0v) is 17.2. The van der Waals surface area contributed by atoms with Crippen molar-refractivity contribution in [3.05, 3.63) is 36.4 Å². The molecular formula is C22H21O11+. The monoisotopic (exact) mass is 461 g/mol. The number of ether oxygens (including phenoxy) is 3. The molecule has 2 heterocycles. The maximum Gasteiger partial charge on any atom is 0.402 e. The van der Waals surface area contributed by atoms with Crippen molar-refractivity contribution in [2.24, 2.45) is 0 Å². The Balaban J connectivity index is 1.75. The third-order valence-electron chi connectivity index (χ3n) is 5.07. The van der Waals surface area contributed by atoms with E-state index >= 15 is 0 Å². The van der Waals surface area contributed by atoms with Gasteiger partial charge in [0.05, 0.1) is 11.6 Å². The second-order valence-electron chi connectivity index (χ2n) is 7.46. The Hall–Kier alpha value is -3.80. The van der Waals surface area contributed by atoms with Crippen LogP contribution in [0.5, 0.6) is 28.7 Å². The number of aliphatic hydroxyl groups excluding tert-OH is 2. The smallest absolute Gasteiger partial charge is 0.402 e. The number of esters is 1. The van der Waals surface area contributed by atoms with Crippen molar-refractivity contribution >= 4 is 16.9 Å². The Kier molecular flexibility index (Phi) is 5.85. The first-order chi connectivity index (χ1) is 15.6. The van der Waals surface area contributed by atoms with Crippen LogP contribution in [0.3, 0.4) is 0 Å². The summed E-state index contributed by atoms with van der Waals surface area (Å²) < 4.78 is 21.9. The molecule has 3 aromatic rings. The molecule has 1 saturated heterocycles. The van der Waals surface area contributed by atoms with Gasteiger partial charge in [0.15, 0.2) is 11.5 Å². The Morgan fingerprint density at radius 2 is 1.76 bits per heavy atom. The van der Waals surface area contributed by atoms with E-state index in [1.807, 2.05) is 0 Å². The molecule has 1 aliphatic rings. The summed E-state index contributed by atoms with van der Waals surface area (Å²) in [7, 11) is 0. The molecule has 0 bridgehead atoms. The second-order valence-corrected chi connectivity index (χ2v) is 7.46. The number of carbonyl (C=O) groups is 1. The number of carbonyl (C=O) groups excluding carboxylic acids is 1. The number of phenols is 4. The molecule has 0 saturated carbocycles. The number of aromatic hydroxyl groups is 4. The minimum Gasteiger partial charge on any atom is -0.507 e. The standard InChI is InChI=1S/C22H20O11/c1-9(23)30-8-18-19(28)20(29)22(33-18)32-17-7-12-14(26)5-11(24)6-16(12)31-21(17)10-2-3-13(25)15(27)4-10/h2-7,18-20,22,28-29H,8H2,1H3,(H3-,24,25,26,27)/p+1/t18-,19-,20+,22+/m1/s1. The Labute approximate surface area is 186 Å². The van der Waals surface area contributed by atoms with Crippen molar-refractivity contribution in [2.45, 2.75) is 31.5 Å². The summed E-state index contributed by atoms with van der Waals surface area (Å²) in [5.74, 6) is -2.05. The average Bonchev–Trinajstić information content (AvgIpc) is 3.02. The van der Waals surface area contributed by atoms with Crippen LogP contribution in [-0.2, 0) is 14.3 Å². The molecule has 0 aliphatic carbocycles. The van der Waals surface area contributed by atoms with E-state index in [-0.39, 0.29) is 51.9 Å². The van der Waals surface area contributed by atoms with Crippen LogP contribution < -0.4 is 4.74 Å². The maximum absolute atomic E-state index is 11.0. The van der Waals surface area contributed by atoms with Gasteiger partial charge in [-0.15, -0.1) is 0 Å². The lowest BCUT2D eigenvalue weighted by Crippen LogP contribution is -2.36. The van der Waals surface area contributed by atoms with Crippen molar-refractivity contribution in [3.8, 4) is 40.1 Å². The van der Waals surface area contributed by atoms with Gasteiger partial charge in [0, 0.05) is 25.1 Å². The number of benzene rings is 2. The topological polar surface area (TPSA) is 177 Å². The molecule has 0 radical (unpaired) electrons. The molecule has 174 valence electrons. The molecule has 6 N–H and O–H groups in total. The highest BCUT2D eigenvalue weighted by Gasteiger charge is 2.46. The molecule has 11 heteroatoms. The summed E-state index contributed by atoms with van der Waals surface area (Å²) >= 11 is 0. The summed E-state index contributed by atoms with van der Waals surface area (Å²) in [5, 5.41) is 60.3. The third-order valence-corrected chi connectivity index (χ3v) is 5.07. The lowest BCUT2D eigenvalue weighted by Gasteiger charge is -2.16. The molecule has 0 amide bonds. The third kappa shape index (κ3) is 4.42. The van der Waals surface area contributed by atoms with Crippen LogP contribution in [0.2, 0.25) is 0 Å². The van der Waals surface area contributed by atoms with Crippen LogP contribution in [0, 0.1) is 0 Å². The molecule has 4 atom stereocenters. The lowest BCUT2D eigenvalue weighted by molar-refractivity contribution is -0.151. The normalized spacial score (nSPS) is 22.4.